The quantitative estimate of drug-likeness (QED) is 0.619. The van der Waals surface area contributed by atoms with E-state index in [-0.39, 0.29) is 6.09 Å². The number of hydrogen-bond donors (Lipinski definition) is 0. The van der Waals surface area contributed by atoms with Crippen LogP contribution in [-0.4, -0.2) is 16.3 Å². The predicted molar refractivity (Wildman–Crippen MR) is 58.4 cm³/mol. The smallest absolute Gasteiger partial charge is 0.418 e. The molecule has 1 aromatic rings. The molecule has 0 saturated heterocycles. The van der Waals surface area contributed by atoms with Crippen molar-refractivity contribution in [1.29, 1.82) is 0 Å². The number of halogens is 1. The molecule has 1 rings (SSSR count). The minimum Gasteiger partial charge on any atom is -0.444 e. The second kappa shape index (κ2) is 5.06. The van der Waals surface area contributed by atoms with Crippen LogP contribution in [-0.2, 0) is 11.3 Å². The summed E-state index contributed by atoms with van der Waals surface area (Å²) in [5.41, 5.74) is 0.995. The van der Waals surface area contributed by atoms with Crippen molar-refractivity contribution in [3.63, 3.8) is 0 Å². The van der Waals surface area contributed by atoms with Crippen molar-refractivity contribution in [2.75, 3.05) is 7.05 Å². The Morgan fingerprint density at radius 3 is 2.62 bits per heavy atom. The molecule has 1 aromatic carbocycles. The molecule has 0 aliphatic rings. The maximum Gasteiger partial charge on any atom is 0.418 e. The van der Waals surface area contributed by atoms with E-state index in [0.717, 1.165) is 5.56 Å². The lowest BCUT2D eigenvalue weighted by molar-refractivity contribution is 0.129. The van der Waals surface area contributed by atoms with Gasteiger partial charge in [-0.25, -0.2) is 4.79 Å². The molecular formula is C9H10INO2. The van der Waals surface area contributed by atoms with Gasteiger partial charge in [-0.1, -0.05) is 30.3 Å². The highest BCUT2D eigenvalue weighted by molar-refractivity contribution is 14.1. The van der Waals surface area contributed by atoms with Crippen LogP contribution in [0.15, 0.2) is 30.3 Å². The molecule has 0 unspecified atom stereocenters. The standard InChI is InChI=1S/C9H10INO2/c1-11(10)9(12)13-7-8-5-3-2-4-6-8/h2-6H,7H2,1H3. The number of benzene rings is 1. The summed E-state index contributed by atoms with van der Waals surface area (Å²) < 4.78 is 6.34. The molecule has 70 valence electrons. The van der Waals surface area contributed by atoms with Gasteiger partial charge < -0.3 is 4.74 Å². The first-order chi connectivity index (χ1) is 6.20. The molecule has 0 spiro atoms. The lowest BCUT2D eigenvalue weighted by atomic mass is 10.2. The summed E-state index contributed by atoms with van der Waals surface area (Å²) in [6.45, 7) is 0.326. The number of carbonyl (C=O) groups is 1. The van der Waals surface area contributed by atoms with E-state index in [2.05, 4.69) is 0 Å². The zero-order valence-corrected chi connectivity index (χ0v) is 9.39. The normalized spacial score (nSPS) is 9.38. The van der Waals surface area contributed by atoms with Crippen LogP contribution in [0, 0.1) is 0 Å². The lowest BCUT2D eigenvalue weighted by Gasteiger charge is -2.08. The molecular weight excluding hydrogens is 281 g/mol. The number of carbonyl (C=O) groups excluding carboxylic acids is 1. The highest BCUT2D eigenvalue weighted by Gasteiger charge is 2.05. The molecule has 4 heteroatoms. The lowest BCUT2D eigenvalue weighted by Crippen LogP contribution is -2.16. The minimum absolute atomic E-state index is 0.326. The zero-order chi connectivity index (χ0) is 9.68. The van der Waals surface area contributed by atoms with Crippen molar-refractivity contribution in [2.24, 2.45) is 0 Å². The van der Waals surface area contributed by atoms with E-state index in [1.54, 1.807) is 7.05 Å². The first kappa shape index (κ1) is 10.3. The summed E-state index contributed by atoms with van der Waals surface area (Å²) in [7, 11) is 1.65. The Kier molecular flexibility index (Phi) is 4.01. The van der Waals surface area contributed by atoms with E-state index in [9.17, 15) is 4.79 Å². The zero-order valence-electron chi connectivity index (χ0n) is 7.24. The van der Waals surface area contributed by atoms with E-state index in [0.29, 0.717) is 6.61 Å². The molecule has 0 aliphatic carbocycles. The molecule has 0 radical (unpaired) electrons. The van der Waals surface area contributed by atoms with Crippen LogP contribution in [0.25, 0.3) is 0 Å². The predicted octanol–water partition coefficient (Wildman–Crippen LogP) is 2.61. The second-order valence-corrected chi connectivity index (χ2v) is 3.96. The van der Waals surface area contributed by atoms with Crippen molar-refractivity contribution < 1.29 is 9.53 Å². The Bertz CT molecular complexity index is 274. The average Bonchev–Trinajstić information content (AvgIpc) is 2.15. The van der Waals surface area contributed by atoms with Gasteiger partial charge in [-0.2, -0.15) is 0 Å². The first-order valence-corrected chi connectivity index (χ1v) is 4.77. The van der Waals surface area contributed by atoms with Gasteiger partial charge in [0.1, 0.15) is 6.61 Å². The van der Waals surface area contributed by atoms with Gasteiger partial charge in [-0.3, -0.25) is 3.11 Å². The molecule has 0 N–H and O–H groups in total. The molecule has 0 bridgehead atoms. The molecule has 0 aromatic heterocycles. The molecule has 3 nitrogen and oxygen atoms in total. The maximum atomic E-state index is 11.0. The van der Waals surface area contributed by atoms with Crippen molar-refractivity contribution >= 4 is 29.0 Å². The van der Waals surface area contributed by atoms with Gasteiger partial charge in [0.25, 0.3) is 0 Å². The van der Waals surface area contributed by atoms with Crippen molar-refractivity contribution in [1.82, 2.24) is 3.11 Å². The van der Waals surface area contributed by atoms with Crippen molar-refractivity contribution in [3.8, 4) is 0 Å². The summed E-state index contributed by atoms with van der Waals surface area (Å²) >= 11 is 1.87. The average molecular weight is 291 g/mol. The molecule has 13 heavy (non-hydrogen) atoms. The molecule has 1 amide bonds. The number of rotatable bonds is 2. The summed E-state index contributed by atoms with van der Waals surface area (Å²) in [6, 6.07) is 9.59. The highest BCUT2D eigenvalue weighted by Crippen LogP contribution is 2.04. The maximum absolute atomic E-state index is 11.0. The van der Waals surface area contributed by atoms with Crippen LogP contribution in [0.1, 0.15) is 5.56 Å². The van der Waals surface area contributed by atoms with Crippen LogP contribution in [0.2, 0.25) is 0 Å². The van der Waals surface area contributed by atoms with Gasteiger partial charge in [0.2, 0.25) is 0 Å². The second-order valence-electron chi connectivity index (χ2n) is 2.52. The Morgan fingerprint density at radius 1 is 1.46 bits per heavy atom. The van der Waals surface area contributed by atoms with E-state index < -0.39 is 0 Å². The fraction of sp³-hybridized carbons (Fsp3) is 0.222. The van der Waals surface area contributed by atoms with Crippen molar-refractivity contribution in [3.05, 3.63) is 35.9 Å². The molecule has 0 saturated carbocycles. The van der Waals surface area contributed by atoms with E-state index in [1.165, 1.54) is 3.11 Å². The largest absolute Gasteiger partial charge is 0.444 e. The van der Waals surface area contributed by atoms with Gasteiger partial charge in [-0.15, -0.1) is 0 Å². The van der Waals surface area contributed by atoms with Gasteiger partial charge >= 0.3 is 6.09 Å². The Morgan fingerprint density at radius 2 is 2.08 bits per heavy atom. The van der Waals surface area contributed by atoms with Crippen LogP contribution in [0.5, 0.6) is 0 Å². The monoisotopic (exact) mass is 291 g/mol. The van der Waals surface area contributed by atoms with Crippen molar-refractivity contribution in [2.45, 2.75) is 6.61 Å². The fourth-order valence-corrected chi connectivity index (χ4v) is 0.948. The summed E-state index contributed by atoms with van der Waals surface area (Å²) in [5, 5.41) is 0. The minimum atomic E-state index is -0.329. The number of nitrogens with zero attached hydrogens (tertiary/aromatic N) is 1. The molecule has 0 aliphatic heterocycles. The third kappa shape index (κ3) is 3.63. The Hall–Kier alpha value is -0.780. The van der Waals surface area contributed by atoms with E-state index in [4.69, 9.17) is 4.74 Å². The van der Waals surface area contributed by atoms with Crippen LogP contribution in [0.3, 0.4) is 0 Å². The SMILES string of the molecule is CN(I)C(=O)OCc1ccccc1. The van der Waals surface area contributed by atoms with E-state index in [1.807, 2.05) is 53.2 Å². The summed E-state index contributed by atoms with van der Waals surface area (Å²) in [4.78, 5) is 11.0. The fourth-order valence-electron chi connectivity index (χ4n) is 0.808. The van der Waals surface area contributed by atoms with E-state index >= 15 is 0 Å². The third-order valence-electron chi connectivity index (χ3n) is 1.46. The van der Waals surface area contributed by atoms with Gasteiger partial charge in [-0.05, 0) is 5.56 Å². The van der Waals surface area contributed by atoms with Crippen LogP contribution in [0.4, 0.5) is 4.79 Å². The summed E-state index contributed by atoms with van der Waals surface area (Å²) in [5.74, 6) is 0. The van der Waals surface area contributed by atoms with Gasteiger partial charge in [0.05, 0.1) is 22.9 Å². The third-order valence-corrected chi connectivity index (χ3v) is 1.85. The van der Waals surface area contributed by atoms with Crippen LogP contribution < -0.4 is 0 Å². The van der Waals surface area contributed by atoms with Gasteiger partial charge in [0, 0.05) is 7.05 Å². The van der Waals surface area contributed by atoms with Crippen LogP contribution >= 0.6 is 22.9 Å². The summed E-state index contributed by atoms with van der Waals surface area (Å²) in [6.07, 6.45) is -0.329. The molecule has 0 heterocycles. The van der Waals surface area contributed by atoms with Gasteiger partial charge in [0.15, 0.2) is 0 Å². The Balaban J connectivity index is 2.40. The molecule has 0 atom stereocenters. The first-order valence-electron chi connectivity index (χ1n) is 3.80. The highest BCUT2D eigenvalue weighted by atomic mass is 127. The number of hydrogen-bond acceptors (Lipinski definition) is 2. The number of ether oxygens (including phenoxy) is 1. The topological polar surface area (TPSA) is 29.5 Å². The number of amides is 1. The molecule has 0 fully saturated rings. The Labute approximate surface area is 91.2 Å².